The number of nitrogens with zero attached hydrogens (tertiary/aromatic N) is 1. The van der Waals surface area contributed by atoms with Crippen LogP contribution in [0.4, 0.5) is 13.2 Å². The van der Waals surface area contributed by atoms with Crippen LogP contribution < -0.4 is 11.1 Å². The number of nitrogens with one attached hydrogen (secondary N) is 1. The zero-order valence-corrected chi connectivity index (χ0v) is 13.8. The summed E-state index contributed by atoms with van der Waals surface area (Å²) in [6.45, 7) is 1.36. The van der Waals surface area contributed by atoms with Gasteiger partial charge in [-0.1, -0.05) is 12.1 Å². The van der Waals surface area contributed by atoms with Crippen LogP contribution in [0.1, 0.15) is 30.4 Å². The van der Waals surface area contributed by atoms with E-state index in [1.807, 2.05) is 0 Å². The molecule has 5 nitrogen and oxygen atoms in total. The minimum atomic E-state index is -4.42. The Bertz CT molecular complexity index is 619. The molecule has 1 aromatic rings. The quantitative estimate of drug-likeness (QED) is 0.732. The van der Waals surface area contributed by atoms with E-state index in [0.29, 0.717) is 18.7 Å². The summed E-state index contributed by atoms with van der Waals surface area (Å²) < 4.78 is 38.3. The second-order valence-electron chi connectivity index (χ2n) is 6.16. The molecule has 0 spiro atoms. The third-order valence-electron chi connectivity index (χ3n) is 4.14. The van der Waals surface area contributed by atoms with Gasteiger partial charge in [0.2, 0.25) is 11.8 Å². The van der Waals surface area contributed by atoms with Crippen molar-refractivity contribution < 1.29 is 22.8 Å². The lowest BCUT2D eigenvalue weighted by molar-refractivity contribution is -0.137. The van der Waals surface area contributed by atoms with E-state index >= 15 is 0 Å². The molecule has 8 heteroatoms. The Balaban J connectivity index is 1.91. The van der Waals surface area contributed by atoms with Crippen LogP contribution in [0.3, 0.4) is 0 Å². The van der Waals surface area contributed by atoms with Gasteiger partial charge in [-0.15, -0.1) is 0 Å². The number of carbonyl (C=O) groups is 2. The first-order valence-corrected chi connectivity index (χ1v) is 8.23. The normalized spacial score (nSPS) is 17.8. The summed E-state index contributed by atoms with van der Waals surface area (Å²) in [4.78, 5) is 25.6. The van der Waals surface area contributed by atoms with Crippen molar-refractivity contribution in [2.24, 2.45) is 11.7 Å². The molecule has 1 aromatic carbocycles. The summed E-state index contributed by atoms with van der Waals surface area (Å²) in [6, 6.07) is 4.89. The molecule has 0 saturated carbocycles. The summed E-state index contributed by atoms with van der Waals surface area (Å²) in [5.74, 6) is -0.882. The number of hydrogen-bond donors (Lipinski definition) is 2. The van der Waals surface area contributed by atoms with E-state index < -0.39 is 17.7 Å². The Morgan fingerprint density at radius 2 is 2.08 bits per heavy atom. The molecule has 0 radical (unpaired) electrons. The highest BCUT2D eigenvalue weighted by Gasteiger charge is 2.35. The number of carbonyl (C=O) groups excluding carboxylic acids is 2. The van der Waals surface area contributed by atoms with Crippen LogP contribution in [-0.4, -0.2) is 36.3 Å². The highest BCUT2D eigenvalue weighted by Crippen LogP contribution is 2.30. The summed E-state index contributed by atoms with van der Waals surface area (Å²) >= 11 is 0. The molecule has 3 N–H and O–H groups in total. The van der Waals surface area contributed by atoms with Crippen LogP contribution in [0.25, 0.3) is 0 Å². The molecule has 1 aliphatic rings. The predicted octanol–water partition coefficient (Wildman–Crippen LogP) is 1.91. The standard InChI is InChI=1S/C17H22F3N3O2/c18-17(19,20)14-5-3-4-12(8-14)10-23-11-13(9-15(23)24)16(25)22-7-2-1-6-21/h3-5,8,13H,1-2,6-7,9-11,21H2,(H,22,25). The van der Waals surface area contributed by atoms with Crippen molar-refractivity contribution in [2.75, 3.05) is 19.6 Å². The first-order valence-electron chi connectivity index (χ1n) is 8.23. The lowest BCUT2D eigenvalue weighted by atomic mass is 10.1. The molecule has 1 saturated heterocycles. The minimum absolute atomic E-state index is 0.0692. The Morgan fingerprint density at radius 1 is 1.32 bits per heavy atom. The number of benzene rings is 1. The first-order chi connectivity index (χ1) is 11.8. The molecular formula is C17H22F3N3O2. The molecule has 1 heterocycles. The molecule has 1 fully saturated rings. The average molecular weight is 357 g/mol. The summed E-state index contributed by atoms with van der Waals surface area (Å²) in [5, 5.41) is 2.77. The van der Waals surface area contributed by atoms with E-state index in [4.69, 9.17) is 5.73 Å². The third kappa shape index (κ3) is 5.45. The van der Waals surface area contributed by atoms with E-state index in [2.05, 4.69) is 5.32 Å². The molecule has 0 aromatic heterocycles. The number of nitrogens with two attached hydrogens (primary N) is 1. The van der Waals surface area contributed by atoms with Crippen LogP contribution >= 0.6 is 0 Å². The van der Waals surface area contributed by atoms with Crippen molar-refractivity contribution in [1.29, 1.82) is 0 Å². The van der Waals surface area contributed by atoms with Crippen molar-refractivity contribution in [2.45, 2.75) is 32.0 Å². The number of unbranched alkanes of at least 4 members (excludes halogenated alkanes) is 1. The number of halogens is 3. The lowest BCUT2D eigenvalue weighted by Crippen LogP contribution is -2.33. The number of hydrogen-bond acceptors (Lipinski definition) is 3. The monoisotopic (exact) mass is 357 g/mol. The topological polar surface area (TPSA) is 75.4 Å². The highest BCUT2D eigenvalue weighted by atomic mass is 19.4. The molecule has 138 valence electrons. The van der Waals surface area contributed by atoms with Crippen LogP contribution in [0.5, 0.6) is 0 Å². The molecule has 0 bridgehead atoms. The van der Waals surface area contributed by atoms with Gasteiger partial charge in [0.1, 0.15) is 0 Å². The van der Waals surface area contributed by atoms with Gasteiger partial charge < -0.3 is 16.0 Å². The zero-order valence-electron chi connectivity index (χ0n) is 13.8. The minimum Gasteiger partial charge on any atom is -0.356 e. The van der Waals surface area contributed by atoms with Gasteiger partial charge in [-0.2, -0.15) is 13.2 Å². The Kier molecular flexibility index (Phi) is 6.41. The fourth-order valence-corrected chi connectivity index (χ4v) is 2.79. The number of likely N-dealkylation sites (tertiary alicyclic amines) is 1. The Labute approximate surface area is 144 Å². The molecule has 1 aliphatic heterocycles. The Morgan fingerprint density at radius 3 is 2.76 bits per heavy atom. The van der Waals surface area contributed by atoms with Crippen LogP contribution in [0.15, 0.2) is 24.3 Å². The van der Waals surface area contributed by atoms with Crippen LogP contribution in [-0.2, 0) is 22.3 Å². The van der Waals surface area contributed by atoms with Gasteiger partial charge >= 0.3 is 6.18 Å². The van der Waals surface area contributed by atoms with Gasteiger partial charge in [0.15, 0.2) is 0 Å². The zero-order chi connectivity index (χ0) is 18.4. The summed E-state index contributed by atoms with van der Waals surface area (Å²) in [7, 11) is 0. The smallest absolute Gasteiger partial charge is 0.356 e. The van der Waals surface area contributed by atoms with E-state index in [1.165, 1.54) is 11.0 Å². The maximum Gasteiger partial charge on any atom is 0.416 e. The SMILES string of the molecule is NCCCCNC(=O)C1CC(=O)N(Cc2cccc(C(F)(F)F)c2)C1. The molecule has 2 rings (SSSR count). The van der Waals surface area contributed by atoms with Crippen molar-refractivity contribution in [3.8, 4) is 0 Å². The highest BCUT2D eigenvalue weighted by molar-refractivity contribution is 5.89. The molecule has 25 heavy (non-hydrogen) atoms. The largest absolute Gasteiger partial charge is 0.416 e. The van der Waals surface area contributed by atoms with Gasteiger partial charge in [-0.05, 0) is 37.1 Å². The maximum atomic E-state index is 12.8. The maximum absolute atomic E-state index is 12.8. The summed E-state index contributed by atoms with van der Waals surface area (Å²) in [6.07, 6.45) is -2.75. The second-order valence-corrected chi connectivity index (χ2v) is 6.16. The van der Waals surface area contributed by atoms with Gasteiger partial charge in [0.05, 0.1) is 11.5 Å². The van der Waals surface area contributed by atoms with Gasteiger partial charge in [0.25, 0.3) is 0 Å². The fourth-order valence-electron chi connectivity index (χ4n) is 2.79. The van der Waals surface area contributed by atoms with E-state index in [-0.39, 0.29) is 31.3 Å². The van der Waals surface area contributed by atoms with E-state index in [9.17, 15) is 22.8 Å². The second kappa shape index (κ2) is 8.33. The van der Waals surface area contributed by atoms with Crippen molar-refractivity contribution in [3.63, 3.8) is 0 Å². The molecule has 1 atom stereocenters. The summed E-state index contributed by atoms with van der Waals surface area (Å²) in [5.41, 5.74) is 5.03. The third-order valence-corrected chi connectivity index (χ3v) is 4.14. The predicted molar refractivity (Wildman–Crippen MR) is 86.3 cm³/mol. The van der Waals surface area contributed by atoms with Crippen molar-refractivity contribution in [1.82, 2.24) is 10.2 Å². The van der Waals surface area contributed by atoms with E-state index in [0.717, 1.165) is 25.0 Å². The Hall–Kier alpha value is -2.09. The van der Waals surface area contributed by atoms with Gasteiger partial charge in [-0.3, -0.25) is 9.59 Å². The lowest BCUT2D eigenvalue weighted by Gasteiger charge is -2.17. The molecule has 1 unspecified atom stereocenters. The average Bonchev–Trinajstić information content (AvgIpc) is 2.92. The van der Waals surface area contributed by atoms with Gasteiger partial charge in [0, 0.05) is 26.1 Å². The van der Waals surface area contributed by atoms with Crippen molar-refractivity contribution in [3.05, 3.63) is 35.4 Å². The number of amides is 2. The van der Waals surface area contributed by atoms with E-state index in [1.54, 1.807) is 6.07 Å². The van der Waals surface area contributed by atoms with Gasteiger partial charge in [-0.25, -0.2) is 0 Å². The molecular weight excluding hydrogens is 335 g/mol. The first kappa shape index (κ1) is 19.2. The molecule has 0 aliphatic carbocycles. The number of alkyl halides is 3. The van der Waals surface area contributed by atoms with Crippen molar-refractivity contribution >= 4 is 11.8 Å². The van der Waals surface area contributed by atoms with Crippen LogP contribution in [0, 0.1) is 5.92 Å². The number of rotatable bonds is 7. The van der Waals surface area contributed by atoms with Crippen LogP contribution in [0.2, 0.25) is 0 Å². The molecule has 2 amide bonds. The fraction of sp³-hybridized carbons (Fsp3) is 0.529.